The van der Waals surface area contributed by atoms with Crippen molar-refractivity contribution in [3.8, 4) is 22.9 Å². The highest BCUT2D eigenvalue weighted by atomic mass is 16.7. The average molecular weight is 283 g/mol. The van der Waals surface area contributed by atoms with Crippen molar-refractivity contribution in [2.24, 2.45) is 0 Å². The van der Waals surface area contributed by atoms with E-state index in [1.54, 1.807) is 12.4 Å². The van der Waals surface area contributed by atoms with E-state index in [4.69, 9.17) is 9.47 Å². The molecule has 0 radical (unpaired) electrons. The second kappa shape index (κ2) is 4.75. The number of aliphatic hydroxyl groups is 1. The van der Waals surface area contributed by atoms with Crippen molar-refractivity contribution in [1.82, 2.24) is 14.5 Å². The van der Waals surface area contributed by atoms with E-state index in [9.17, 15) is 5.11 Å². The van der Waals surface area contributed by atoms with Crippen molar-refractivity contribution in [3.05, 3.63) is 36.7 Å². The summed E-state index contributed by atoms with van der Waals surface area (Å²) in [5.41, 5.74) is 2.69. The highest BCUT2D eigenvalue weighted by Crippen LogP contribution is 2.37. The maximum absolute atomic E-state index is 9.35. The third-order valence-electron chi connectivity index (χ3n) is 3.50. The lowest BCUT2D eigenvalue weighted by atomic mass is 10.2. The van der Waals surface area contributed by atoms with Gasteiger partial charge in [-0.1, -0.05) is 0 Å². The fraction of sp³-hybridized carbons (Fsp3) is 0.200. The molecule has 6 heteroatoms. The molecule has 0 amide bonds. The summed E-state index contributed by atoms with van der Waals surface area (Å²) < 4.78 is 12.8. The molecule has 106 valence electrons. The first kappa shape index (κ1) is 12.2. The van der Waals surface area contributed by atoms with Crippen LogP contribution in [0.1, 0.15) is 0 Å². The Balaban J connectivity index is 1.96. The van der Waals surface area contributed by atoms with Gasteiger partial charge in [-0.25, -0.2) is 4.98 Å². The van der Waals surface area contributed by atoms with Crippen molar-refractivity contribution in [2.75, 3.05) is 13.4 Å². The maximum Gasteiger partial charge on any atom is 0.231 e. The number of benzene rings is 1. The van der Waals surface area contributed by atoms with Crippen LogP contribution in [0.2, 0.25) is 0 Å². The van der Waals surface area contributed by atoms with Gasteiger partial charge in [-0.3, -0.25) is 4.98 Å². The zero-order valence-corrected chi connectivity index (χ0v) is 11.2. The van der Waals surface area contributed by atoms with Crippen LogP contribution in [0, 0.1) is 0 Å². The Hall–Kier alpha value is -2.60. The minimum absolute atomic E-state index is 0.0397. The first-order valence-electron chi connectivity index (χ1n) is 6.68. The molecule has 0 spiro atoms. The summed E-state index contributed by atoms with van der Waals surface area (Å²) in [6, 6.07) is 7.58. The molecule has 2 aromatic heterocycles. The SMILES string of the molecule is OCCn1c(-c2ccncc2)nc2cc3c(cc21)OCO3. The van der Waals surface area contributed by atoms with Gasteiger partial charge in [0.25, 0.3) is 0 Å². The predicted molar refractivity (Wildman–Crippen MR) is 76.2 cm³/mol. The summed E-state index contributed by atoms with van der Waals surface area (Å²) in [4.78, 5) is 8.69. The molecule has 3 heterocycles. The Morgan fingerprint density at radius 2 is 1.90 bits per heavy atom. The molecule has 0 atom stereocenters. The Morgan fingerprint density at radius 3 is 2.67 bits per heavy atom. The van der Waals surface area contributed by atoms with Gasteiger partial charge in [0.1, 0.15) is 5.82 Å². The van der Waals surface area contributed by atoms with Gasteiger partial charge in [0.05, 0.1) is 17.6 Å². The molecule has 1 N–H and O–H groups in total. The van der Waals surface area contributed by atoms with Gasteiger partial charge in [0, 0.05) is 36.6 Å². The summed E-state index contributed by atoms with van der Waals surface area (Å²) in [6.07, 6.45) is 3.45. The van der Waals surface area contributed by atoms with Crippen LogP contribution in [0.5, 0.6) is 11.5 Å². The van der Waals surface area contributed by atoms with Crippen LogP contribution >= 0.6 is 0 Å². The van der Waals surface area contributed by atoms with Crippen LogP contribution in [0.4, 0.5) is 0 Å². The van der Waals surface area contributed by atoms with E-state index in [2.05, 4.69) is 9.97 Å². The Labute approximate surface area is 120 Å². The minimum atomic E-state index is 0.0397. The van der Waals surface area contributed by atoms with Gasteiger partial charge >= 0.3 is 0 Å². The first-order valence-corrected chi connectivity index (χ1v) is 6.68. The molecular weight excluding hydrogens is 270 g/mol. The predicted octanol–water partition coefficient (Wildman–Crippen LogP) is 1.82. The van der Waals surface area contributed by atoms with Crippen molar-refractivity contribution >= 4 is 11.0 Å². The Kier molecular flexibility index (Phi) is 2.75. The highest BCUT2D eigenvalue weighted by Gasteiger charge is 2.19. The minimum Gasteiger partial charge on any atom is -0.454 e. The molecule has 0 fully saturated rings. The second-order valence-electron chi connectivity index (χ2n) is 4.74. The molecule has 1 aromatic carbocycles. The van der Waals surface area contributed by atoms with E-state index >= 15 is 0 Å². The lowest BCUT2D eigenvalue weighted by Crippen LogP contribution is -2.04. The van der Waals surface area contributed by atoms with Crippen molar-refractivity contribution in [1.29, 1.82) is 0 Å². The average Bonchev–Trinajstić information content (AvgIpc) is 3.11. The van der Waals surface area contributed by atoms with E-state index < -0.39 is 0 Å². The molecular formula is C15H13N3O3. The van der Waals surface area contributed by atoms with Crippen LogP contribution < -0.4 is 9.47 Å². The molecule has 0 aliphatic carbocycles. The normalized spacial score (nSPS) is 13.0. The molecule has 4 rings (SSSR count). The number of fused-ring (bicyclic) bond motifs is 2. The largest absolute Gasteiger partial charge is 0.454 e. The van der Waals surface area contributed by atoms with Crippen LogP contribution in [0.3, 0.4) is 0 Å². The number of rotatable bonds is 3. The molecule has 1 aliphatic heterocycles. The monoisotopic (exact) mass is 283 g/mol. The van der Waals surface area contributed by atoms with E-state index in [1.165, 1.54) is 0 Å². The summed E-state index contributed by atoms with van der Waals surface area (Å²) in [5, 5.41) is 9.35. The first-order chi connectivity index (χ1) is 10.4. The van der Waals surface area contributed by atoms with Crippen molar-refractivity contribution in [3.63, 3.8) is 0 Å². The van der Waals surface area contributed by atoms with Gasteiger partial charge in [-0.15, -0.1) is 0 Å². The van der Waals surface area contributed by atoms with Gasteiger partial charge in [0.2, 0.25) is 6.79 Å². The fourth-order valence-corrected chi connectivity index (χ4v) is 2.56. The van der Waals surface area contributed by atoms with E-state index in [-0.39, 0.29) is 13.4 Å². The Bertz CT molecular complexity index is 799. The molecule has 0 saturated heterocycles. The van der Waals surface area contributed by atoms with Crippen LogP contribution in [-0.4, -0.2) is 33.0 Å². The number of hydrogen-bond acceptors (Lipinski definition) is 5. The maximum atomic E-state index is 9.35. The molecule has 0 bridgehead atoms. The number of ether oxygens (including phenoxy) is 2. The summed E-state index contributed by atoms with van der Waals surface area (Å²) in [6.45, 7) is 0.741. The van der Waals surface area contributed by atoms with Crippen LogP contribution in [0.25, 0.3) is 22.4 Å². The third kappa shape index (κ3) is 1.92. The molecule has 0 saturated carbocycles. The zero-order valence-electron chi connectivity index (χ0n) is 11.2. The summed E-state index contributed by atoms with van der Waals surface area (Å²) in [7, 11) is 0. The second-order valence-corrected chi connectivity index (χ2v) is 4.74. The lowest BCUT2D eigenvalue weighted by Gasteiger charge is -2.07. The summed E-state index contributed by atoms with van der Waals surface area (Å²) in [5.74, 6) is 2.21. The number of hydrogen-bond donors (Lipinski definition) is 1. The van der Waals surface area contributed by atoms with Crippen molar-refractivity contribution in [2.45, 2.75) is 6.54 Å². The number of aliphatic hydroxyl groups excluding tert-OH is 1. The Morgan fingerprint density at radius 1 is 1.14 bits per heavy atom. The topological polar surface area (TPSA) is 69.4 Å². The van der Waals surface area contributed by atoms with Gasteiger partial charge < -0.3 is 19.1 Å². The molecule has 6 nitrogen and oxygen atoms in total. The number of imidazole rings is 1. The smallest absolute Gasteiger partial charge is 0.231 e. The van der Waals surface area contributed by atoms with Crippen LogP contribution in [0.15, 0.2) is 36.7 Å². The molecule has 1 aliphatic rings. The molecule has 0 unspecified atom stereocenters. The number of nitrogens with zero attached hydrogens (tertiary/aromatic N) is 3. The van der Waals surface area contributed by atoms with E-state index in [0.29, 0.717) is 18.0 Å². The molecule has 21 heavy (non-hydrogen) atoms. The molecule has 3 aromatic rings. The standard InChI is InChI=1S/C15H13N3O3/c19-6-5-18-12-8-14-13(20-9-21-14)7-11(12)17-15(18)10-1-3-16-4-2-10/h1-4,7-8,19H,5-6,9H2. The zero-order chi connectivity index (χ0) is 14.2. The number of aromatic nitrogens is 3. The summed E-state index contributed by atoms with van der Waals surface area (Å²) >= 11 is 0. The van der Waals surface area contributed by atoms with E-state index in [1.807, 2.05) is 28.8 Å². The highest BCUT2D eigenvalue weighted by molar-refractivity contribution is 5.84. The third-order valence-corrected chi connectivity index (χ3v) is 3.50. The van der Waals surface area contributed by atoms with Gasteiger partial charge in [0.15, 0.2) is 11.5 Å². The van der Waals surface area contributed by atoms with Crippen LogP contribution in [-0.2, 0) is 6.54 Å². The van der Waals surface area contributed by atoms with Crippen molar-refractivity contribution < 1.29 is 14.6 Å². The van der Waals surface area contributed by atoms with Gasteiger partial charge in [-0.2, -0.15) is 0 Å². The quantitative estimate of drug-likeness (QED) is 0.794. The fourth-order valence-electron chi connectivity index (χ4n) is 2.56. The lowest BCUT2D eigenvalue weighted by molar-refractivity contribution is 0.174. The number of pyridine rings is 1. The van der Waals surface area contributed by atoms with Gasteiger partial charge in [-0.05, 0) is 12.1 Å². The van der Waals surface area contributed by atoms with E-state index in [0.717, 1.165) is 22.4 Å².